The molecule has 0 spiro atoms. The molecule has 0 aromatic heterocycles. The lowest BCUT2D eigenvalue weighted by molar-refractivity contribution is -0.128. The van der Waals surface area contributed by atoms with Crippen LogP contribution in [0.1, 0.15) is 30.0 Å². The number of nitrogens with one attached hydrogen (secondary N) is 1. The SMILES string of the molecule is O=C1CCCN1C[C@H](NCc1cccc(Cl)c1Cl)c1ccccc1. The zero-order chi connectivity index (χ0) is 16.9. The number of nitrogens with zero attached hydrogens (tertiary/aromatic N) is 1. The van der Waals surface area contributed by atoms with Crippen LogP contribution in [0.25, 0.3) is 0 Å². The molecule has 5 heteroatoms. The molecule has 0 bridgehead atoms. The molecule has 1 saturated heterocycles. The summed E-state index contributed by atoms with van der Waals surface area (Å²) in [5.74, 6) is 0.235. The minimum Gasteiger partial charge on any atom is -0.341 e. The van der Waals surface area contributed by atoms with E-state index in [1.165, 1.54) is 0 Å². The molecule has 0 aliphatic carbocycles. The lowest BCUT2D eigenvalue weighted by Crippen LogP contribution is -2.35. The van der Waals surface area contributed by atoms with E-state index in [9.17, 15) is 4.79 Å². The summed E-state index contributed by atoms with van der Waals surface area (Å²) in [5, 5.41) is 4.67. The van der Waals surface area contributed by atoms with Crippen molar-refractivity contribution in [2.45, 2.75) is 25.4 Å². The van der Waals surface area contributed by atoms with Crippen molar-refractivity contribution in [1.82, 2.24) is 10.2 Å². The molecule has 1 amide bonds. The molecule has 1 fully saturated rings. The Hall–Kier alpha value is -1.55. The Morgan fingerprint density at radius 2 is 1.88 bits per heavy atom. The third kappa shape index (κ3) is 4.10. The third-order valence-electron chi connectivity index (χ3n) is 4.35. The summed E-state index contributed by atoms with van der Waals surface area (Å²) in [6.45, 7) is 2.10. The summed E-state index contributed by atoms with van der Waals surface area (Å²) >= 11 is 12.4. The van der Waals surface area contributed by atoms with E-state index in [0.29, 0.717) is 29.6 Å². The molecule has 1 aliphatic rings. The van der Waals surface area contributed by atoms with Gasteiger partial charge in [-0.15, -0.1) is 0 Å². The van der Waals surface area contributed by atoms with Crippen LogP contribution in [-0.2, 0) is 11.3 Å². The predicted octanol–water partition coefficient (Wildman–Crippen LogP) is 4.45. The zero-order valence-corrected chi connectivity index (χ0v) is 14.9. The smallest absolute Gasteiger partial charge is 0.222 e. The number of amides is 1. The lowest BCUT2D eigenvalue weighted by atomic mass is 10.1. The Balaban J connectivity index is 1.74. The molecule has 3 nitrogen and oxygen atoms in total. The highest BCUT2D eigenvalue weighted by Gasteiger charge is 2.24. The Morgan fingerprint density at radius 1 is 1.08 bits per heavy atom. The van der Waals surface area contributed by atoms with Crippen LogP contribution in [0.4, 0.5) is 0 Å². The van der Waals surface area contributed by atoms with Crippen LogP contribution >= 0.6 is 23.2 Å². The van der Waals surface area contributed by atoms with Crippen LogP contribution in [0, 0.1) is 0 Å². The molecule has 2 aromatic rings. The molecule has 2 aromatic carbocycles. The molecule has 24 heavy (non-hydrogen) atoms. The van der Waals surface area contributed by atoms with Crippen LogP contribution in [0.5, 0.6) is 0 Å². The Morgan fingerprint density at radius 3 is 2.58 bits per heavy atom. The van der Waals surface area contributed by atoms with Gasteiger partial charge in [0.1, 0.15) is 0 Å². The van der Waals surface area contributed by atoms with Crippen molar-refractivity contribution in [1.29, 1.82) is 0 Å². The van der Waals surface area contributed by atoms with E-state index < -0.39 is 0 Å². The van der Waals surface area contributed by atoms with Gasteiger partial charge in [-0.2, -0.15) is 0 Å². The summed E-state index contributed by atoms with van der Waals surface area (Å²) in [6.07, 6.45) is 1.60. The number of likely N-dealkylation sites (tertiary alicyclic amines) is 1. The summed E-state index contributed by atoms with van der Waals surface area (Å²) in [7, 11) is 0. The van der Waals surface area contributed by atoms with Gasteiger partial charge in [-0.25, -0.2) is 0 Å². The number of halogens is 2. The van der Waals surface area contributed by atoms with Gasteiger partial charge in [0.2, 0.25) is 5.91 Å². The Kier molecular flexibility index (Phi) is 5.77. The second kappa shape index (κ2) is 8.02. The average Bonchev–Trinajstić information content (AvgIpc) is 3.00. The Labute approximate surface area is 152 Å². The van der Waals surface area contributed by atoms with Gasteiger partial charge in [0.05, 0.1) is 16.1 Å². The highest BCUT2D eigenvalue weighted by Crippen LogP contribution is 2.26. The number of hydrogen-bond acceptors (Lipinski definition) is 2. The monoisotopic (exact) mass is 362 g/mol. The highest BCUT2D eigenvalue weighted by atomic mass is 35.5. The van der Waals surface area contributed by atoms with Crippen molar-refractivity contribution in [2.75, 3.05) is 13.1 Å². The predicted molar refractivity (Wildman–Crippen MR) is 98.3 cm³/mol. The first-order chi connectivity index (χ1) is 11.6. The summed E-state index contributed by atoms with van der Waals surface area (Å²) in [4.78, 5) is 13.9. The quantitative estimate of drug-likeness (QED) is 0.823. The first kappa shape index (κ1) is 17.3. The standard InChI is InChI=1S/C19H20Cl2N2O/c20-16-9-4-8-15(19(16)21)12-22-17(14-6-2-1-3-7-14)13-23-11-5-10-18(23)24/h1-4,6-9,17,22H,5,10-13H2/t17-/m0/s1. The van der Waals surface area contributed by atoms with Crippen molar-refractivity contribution in [3.63, 3.8) is 0 Å². The average molecular weight is 363 g/mol. The molecule has 1 heterocycles. The number of hydrogen-bond donors (Lipinski definition) is 1. The van der Waals surface area contributed by atoms with E-state index in [1.54, 1.807) is 6.07 Å². The van der Waals surface area contributed by atoms with Gasteiger partial charge in [0.15, 0.2) is 0 Å². The highest BCUT2D eigenvalue weighted by molar-refractivity contribution is 6.42. The van der Waals surface area contributed by atoms with Crippen molar-refractivity contribution >= 4 is 29.1 Å². The van der Waals surface area contributed by atoms with Crippen LogP contribution in [0.2, 0.25) is 10.0 Å². The maximum absolute atomic E-state index is 12.0. The van der Waals surface area contributed by atoms with E-state index in [0.717, 1.165) is 24.1 Å². The summed E-state index contributed by atoms with van der Waals surface area (Å²) in [6, 6.07) is 15.9. The second-order valence-electron chi connectivity index (χ2n) is 6.00. The van der Waals surface area contributed by atoms with Crippen molar-refractivity contribution in [3.05, 3.63) is 69.7 Å². The molecule has 126 valence electrons. The maximum Gasteiger partial charge on any atom is 0.222 e. The fraction of sp³-hybridized carbons (Fsp3) is 0.316. The lowest BCUT2D eigenvalue weighted by Gasteiger charge is -2.25. The molecular weight excluding hydrogens is 343 g/mol. The molecule has 1 aliphatic heterocycles. The molecule has 0 saturated carbocycles. The number of rotatable bonds is 6. The van der Waals surface area contributed by atoms with Gasteiger partial charge in [0, 0.05) is 26.1 Å². The van der Waals surface area contributed by atoms with Gasteiger partial charge in [0.25, 0.3) is 0 Å². The number of carbonyl (C=O) groups is 1. The zero-order valence-electron chi connectivity index (χ0n) is 13.3. The van der Waals surface area contributed by atoms with E-state index in [2.05, 4.69) is 17.4 Å². The van der Waals surface area contributed by atoms with Crippen LogP contribution in [0.15, 0.2) is 48.5 Å². The fourth-order valence-corrected chi connectivity index (χ4v) is 3.40. The topological polar surface area (TPSA) is 32.3 Å². The van der Waals surface area contributed by atoms with Gasteiger partial charge >= 0.3 is 0 Å². The third-order valence-corrected chi connectivity index (χ3v) is 5.20. The minimum atomic E-state index is 0.0586. The molecular formula is C19H20Cl2N2O. The molecule has 3 rings (SSSR count). The fourth-order valence-electron chi connectivity index (χ4n) is 3.01. The second-order valence-corrected chi connectivity index (χ2v) is 6.79. The van der Waals surface area contributed by atoms with Crippen LogP contribution in [-0.4, -0.2) is 23.9 Å². The van der Waals surface area contributed by atoms with Crippen LogP contribution < -0.4 is 5.32 Å². The minimum absolute atomic E-state index is 0.0586. The summed E-state index contributed by atoms with van der Waals surface area (Å²) < 4.78 is 0. The molecule has 1 N–H and O–H groups in total. The van der Waals surface area contributed by atoms with Crippen LogP contribution in [0.3, 0.4) is 0 Å². The van der Waals surface area contributed by atoms with Crippen molar-refractivity contribution < 1.29 is 4.79 Å². The van der Waals surface area contributed by atoms with E-state index in [4.69, 9.17) is 23.2 Å². The van der Waals surface area contributed by atoms with Crippen molar-refractivity contribution in [3.8, 4) is 0 Å². The molecule has 1 atom stereocenters. The first-order valence-corrected chi connectivity index (χ1v) is 8.90. The Bertz CT molecular complexity index is 706. The van der Waals surface area contributed by atoms with Gasteiger partial charge in [-0.1, -0.05) is 65.7 Å². The summed E-state index contributed by atoms with van der Waals surface area (Å²) in [5.41, 5.74) is 2.12. The first-order valence-electron chi connectivity index (χ1n) is 8.14. The van der Waals surface area contributed by atoms with Gasteiger partial charge in [-0.05, 0) is 23.6 Å². The van der Waals surface area contributed by atoms with Gasteiger partial charge in [-0.3, -0.25) is 4.79 Å². The van der Waals surface area contributed by atoms with E-state index >= 15 is 0 Å². The normalized spacial score (nSPS) is 15.8. The largest absolute Gasteiger partial charge is 0.341 e. The number of carbonyl (C=O) groups excluding carboxylic acids is 1. The van der Waals surface area contributed by atoms with Crippen molar-refractivity contribution in [2.24, 2.45) is 0 Å². The molecule has 0 radical (unpaired) electrons. The van der Waals surface area contributed by atoms with E-state index in [-0.39, 0.29) is 11.9 Å². The van der Waals surface area contributed by atoms with Gasteiger partial charge < -0.3 is 10.2 Å². The molecule has 0 unspecified atom stereocenters. The number of benzene rings is 2. The maximum atomic E-state index is 12.0. The van der Waals surface area contributed by atoms with E-state index in [1.807, 2.05) is 35.2 Å².